The third kappa shape index (κ3) is 1.80. The van der Waals surface area contributed by atoms with Crippen molar-refractivity contribution in [3.8, 4) is 11.1 Å². The Bertz CT molecular complexity index is 657. The van der Waals surface area contributed by atoms with E-state index in [0.29, 0.717) is 0 Å². The van der Waals surface area contributed by atoms with Gasteiger partial charge in [-0.2, -0.15) is 0 Å². The average Bonchev–Trinajstić information content (AvgIpc) is 2.39. The third-order valence-corrected chi connectivity index (χ3v) is 3.00. The lowest BCUT2D eigenvalue weighted by Gasteiger charge is -2.07. The number of rotatable bonds is 1. The molecule has 1 nitrogen and oxygen atoms in total. The summed E-state index contributed by atoms with van der Waals surface area (Å²) in [6, 6.07) is 20.8. The summed E-state index contributed by atoms with van der Waals surface area (Å²) in [5.74, 6) is 0. The van der Waals surface area contributed by atoms with Gasteiger partial charge in [0, 0.05) is 16.6 Å². The highest BCUT2D eigenvalue weighted by Crippen LogP contribution is 2.25. The van der Waals surface area contributed by atoms with E-state index in [1.54, 1.807) is 0 Å². The number of hydrogen-bond donors (Lipinski definition) is 0. The third-order valence-electron chi connectivity index (χ3n) is 3.00. The maximum atomic E-state index is 4.65. The highest BCUT2D eigenvalue weighted by molar-refractivity contribution is 5.84. The Morgan fingerprint density at radius 3 is 2.35 bits per heavy atom. The second kappa shape index (κ2) is 4.02. The first-order valence-corrected chi connectivity index (χ1v) is 5.76. The normalized spacial score (nSPS) is 10.6. The number of hydrogen-bond acceptors (Lipinski definition) is 1. The van der Waals surface area contributed by atoms with Crippen LogP contribution in [-0.2, 0) is 0 Å². The average molecular weight is 219 g/mol. The number of nitrogens with zero attached hydrogens (tertiary/aromatic N) is 1. The van der Waals surface area contributed by atoms with Crippen molar-refractivity contribution in [3.05, 3.63) is 66.4 Å². The molecule has 3 rings (SSSR count). The molecule has 0 atom stereocenters. The molecule has 1 heteroatoms. The summed E-state index contributed by atoms with van der Waals surface area (Å²) in [6.45, 7) is 2.06. The smallest absolute Gasteiger partial charge is 0.0705 e. The minimum absolute atomic E-state index is 1.06. The summed E-state index contributed by atoms with van der Waals surface area (Å²) in [5, 5.41) is 1.19. The van der Waals surface area contributed by atoms with Crippen LogP contribution in [0.4, 0.5) is 0 Å². The molecule has 0 spiro atoms. The molecule has 1 aromatic heterocycles. The monoisotopic (exact) mass is 219 g/mol. The van der Waals surface area contributed by atoms with Crippen molar-refractivity contribution in [1.29, 1.82) is 0 Å². The van der Waals surface area contributed by atoms with Crippen LogP contribution >= 0.6 is 0 Å². The van der Waals surface area contributed by atoms with Crippen LogP contribution < -0.4 is 0 Å². The molecule has 2 aromatic carbocycles. The number of aromatic nitrogens is 1. The van der Waals surface area contributed by atoms with Gasteiger partial charge in [-0.15, -0.1) is 0 Å². The first-order chi connectivity index (χ1) is 8.34. The zero-order valence-electron chi connectivity index (χ0n) is 9.72. The van der Waals surface area contributed by atoms with E-state index in [1.165, 1.54) is 16.5 Å². The molecule has 0 N–H and O–H groups in total. The highest BCUT2D eigenvalue weighted by Gasteiger charge is 2.04. The highest BCUT2D eigenvalue weighted by atomic mass is 14.7. The van der Waals surface area contributed by atoms with Crippen molar-refractivity contribution >= 4 is 10.9 Å². The molecule has 0 saturated carbocycles. The molecule has 0 fully saturated rings. The summed E-state index contributed by atoms with van der Waals surface area (Å²) >= 11 is 0. The van der Waals surface area contributed by atoms with Gasteiger partial charge in [0.25, 0.3) is 0 Å². The van der Waals surface area contributed by atoms with Gasteiger partial charge in [-0.05, 0) is 24.6 Å². The quantitative estimate of drug-likeness (QED) is 0.597. The standard InChI is InChI=1S/C16H13N/c1-12-15(13-7-3-2-4-8-13)11-14-9-5-6-10-16(14)17-12/h2-11H,1H3. The maximum Gasteiger partial charge on any atom is 0.0705 e. The predicted molar refractivity (Wildman–Crippen MR) is 71.9 cm³/mol. The van der Waals surface area contributed by atoms with Gasteiger partial charge >= 0.3 is 0 Å². The van der Waals surface area contributed by atoms with Crippen molar-refractivity contribution in [3.63, 3.8) is 0 Å². The second-order valence-electron chi connectivity index (χ2n) is 4.18. The Labute approximate surface area is 101 Å². The molecule has 0 amide bonds. The zero-order chi connectivity index (χ0) is 11.7. The Morgan fingerprint density at radius 2 is 1.53 bits per heavy atom. The van der Waals surface area contributed by atoms with Crippen molar-refractivity contribution in [2.75, 3.05) is 0 Å². The molecule has 17 heavy (non-hydrogen) atoms. The molecule has 0 saturated heterocycles. The van der Waals surface area contributed by atoms with Gasteiger partial charge in [0.1, 0.15) is 0 Å². The van der Waals surface area contributed by atoms with Crippen LogP contribution in [0.25, 0.3) is 22.0 Å². The summed E-state index contributed by atoms with van der Waals surface area (Å²) in [5.41, 5.74) is 4.58. The molecule has 0 aliphatic carbocycles. The Balaban J connectivity index is 2.27. The molecule has 0 aliphatic heterocycles. The lowest BCUT2D eigenvalue weighted by Crippen LogP contribution is -1.89. The SMILES string of the molecule is Cc1nc2ccccc2cc1-c1ccccc1. The first-order valence-electron chi connectivity index (χ1n) is 5.76. The van der Waals surface area contributed by atoms with Crippen molar-refractivity contribution in [1.82, 2.24) is 4.98 Å². The van der Waals surface area contributed by atoms with Crippen molar-refractivity contribution in [2.45, 2.75) is 6.92 Å². The van der Waals surface area contributed by atoms with Gasteiger partial charge in [-0.1, -0.05) is 48.5 Å². The van der Waals surface area contributed by atoms with Gasteiger partial charge in [-0.3, -0.25) is 4.98 Å². The number of pyridine rings is 1. The summed E-state index contributed by atoms with van der Waals surface area (Å²) < 4.78 is 0. The lowest BCUT2D eigenvalue weighted by molar-refractivity contribution is 1.26. The van der Waals surface area contributed by atoms with E-state index in [9.17, 15) is 0 Å². The zero-order valence-corrected chi connectivity index (χ0v) is 9.72. The number of benzene rings is 2. The minimum Gasteiger partial charge on any atom is -0.252 e. The Hall–Kier alpha value is -2.15. The van der Waals surface area contributed by atoms with Crippen LogP contribution in [0.15, 0.2) is 60.7 Å². The first kappa shape index (κ1) is 10.0. The number of para-hydroxylation sites is 1. The fourth-order valence-corrected chi connectivity index (χ4v) is 2.12. The topological polar surface area (TPSA) is 12.9 Å². The van der Waals surface area contributed by atoms with Crippen LogP contribution in [0.1, 0.15) is 5.69 Å². The van der Waals surface area contributed by atoms with E-state index >= 15 is 0 Å². The predicted octanol–water partition coefficient (Wildman–Crippen LogP) is 4.21. The van der Waals surface area contributed by atoms with E-state index < -0.39 is 0 Å². The van der Waals surface area contributed by atoms with Crippen molar-refractivity contribution in [2.24, 2.45) is 0 Å². The summed E-state index contributed by atoms with van der Waals surface area (Å²) in [7, 11) is 0. The van der Waals surface area contributed by atoms with E-state index in [-0.39, 0.29) is 0 Å². The fourth-order valence-electron chi connectivity index (χ4n) is 2.12. The molecule has 82 valence electrons. The molecule has 0 bridgehead atoms. The van der Waals surface area contributed by atoms with E-state index in [1.807, 2.05) is 18.2 Å². The summed E-state index contributed by atoms with van der Waals surface area (Å²) in [6.07, 6.45) is 0. The molecule has 1 heterocycles. The van der Waals surface area contributed by atoms with Gasteiger partial charge in [0.2, 0.25) is 0 Å². The maximum absolute atomic E-state index is 4.65. The molecule has 0 aliphatic rings. The Kier molecular flexibility index (Phi) is 2.37. The molecule has 3 aromatic rings. The number of aryl methyl sites for hydroxylation is 1. The van der Waals surface area contributed by atoms with Crippen LogP contribution in [0.5, 0.6) is 0 Å². The molecule has 0 radical (unpaired) electrons. The minimum atomic E-state index is 1.06. The second-order valence-corrected chi connectivity index (χ2v) is 4.18. The molecular formula is C16H13N. The van der Waals surface area contributed by atoms with Gasteiger partial charge in [0.15, 0.2) is 0 Å². The van der Waals surface area contributed by atoms with Crippen molar-refractivity contribution < 1.29 is 0 Å². The number of fused-ring (bicyclic) bond motifs is 1. The van der Waals surface area contributed by atoms with Crippen LogP contribution in [0.3, 0.4) is 0 Å². The van der Waals surface area contributed by atoms with E-state index in [2.05, 4.69) is 54.4 Å². The Morgan fingerprint density at radius 1 is 0.824 bits per heavy atom. The van der Waals surface area contributed by atoms with Gasteiger partial charge in [0.05, 0.1) is 5.52 Å². The van der Waals surface area contributed by atoms with Crippen LogP contribution in [0, 0.1) is 6.92 Å². The van der Waals surface area contributed by atoms with E-state index in [0.717, 1.165) is 11.2 Å². The molecular weight excluding hydrogens is 206 g/mol. The van der Waals surface area contributed by atoms with Crippen LogP contribution in [0.2, 0.25) is 0 Å². The van der Waals surface area contributed by atoms with Gasteiger partial charge in [-0.25, -0.2) is 0 Å². The molecule has 0 unspecified atom stereocenters. The van der Waals surface area contributed by atoms with E-state index in [4.69, 9.17) is 0 Å². The van der Waals surface area contributed by atoms with Crippen LogP contribution in [-0.4, -0.2) is 4.98 Å². The lowest BCUT2D eigenvalue weighted by atomic mass is 10.0. The largest absolute Gasteiger partial charge is 0.252 e. The van der Waals surface area contributed by atoms with Gasteiger partial charge < -0.3 is 0 Å². The fraction of sp³-hybridized carbons (Fsp3) is 0.0625. The summed E-state index contributed by atoms with van der Waals surface area (Å²) in [4.78, 5) is 4.65.